The molecule has 3 aromatic carbocycles. The molecule has 1 aromatic heterocycles. The first-order valence-corrected chi connectivity index (χ1v) is 16.9. The number of benzene rings is 3. The molecule has 2 N–H and O–H groups in total. The van der Waals surface area contributed by atoms with Gasteiger partial charge in [0.1, 0.15) is 23.5 Å². The van der Waals surface area contributed by atoms with Crippen LogP contribution in [-0.4, -0.2) is 89.6 Å². The number of thiazole rings is 1. The maximum atomic E-state index is 14.9. The average Bonchev–Trinajstić information content (AvgIpc) is 3.76. The predicted octanol–water partition coefficient (Wildman–Crippen LogP) is 5.72. The highest BCUT2D eigenvalue weighted by Gasteiger charge is 2.42. The van der Waals surface area contributed by atoms with Crippen molar-refractivity contribution in [2.24, 2.45) is 4.99 Å². The molecule has 4 aromatic rings. The quantitative estimate of drug-likeness (QED) is 0.220. The monoisotopic (exact) mass is 736 g/mol. The fourth-order valence-corrected chi connectivity index (χ4v) is 7.45. The number of esters is 1. The number of amides is 2. The molecule has 3 aliphatic rings. The van der Waals surface area contributed by atoms with Gasteiger partial charge >= 0.3 is 18.0 Å². The summed E-state index contributed by atoms with van der Waals surface area (Å²) in [6.45, 7) is 1.62. The molecule has 0 aliphatic carbocycles. The van der Waals surface area contributed by atoms with E-state index in [2.05, 4.69) is 15.2 Å². The standard InChI is InChI=1S/C35H28ClF3N6O5S/c1-50-34(48)29-28(41-31(32-40-6-9-51-32)42-30(29)24-5-3-20(37)14-26(24)36)17-43-7-8-44-23(15-43)16-45(35(44)49)22-11-19(10-21(38)13-22)18-2-4-25(33(46)47)27(39)12-18/h2-6,9-14,23,30H,7-8,15-17H2,1H3,(H,41,42)(H,46,47)/t23-,30-/m0/s1. The number of carboxylic acids is 1. The highest BCUT2D eigenvalue weighted by atomic mass is 35.5. The molecule has 0 bridgehead atoms. The summed E-state index contributed by atoms with van der Waals surface area (Å²) in [4.78, 5) is 52.6. The van der Waals surface area contributed by atoms with Gasteiger partial charge in [0.05, 0.1) is 24.3 Å². The second-order valence-corrected chi connectivity index (χ2v) is 13.4. The minimum Gasteiger partial charge on any atom is -0.478 e. The minimum absolute atomic E-state index is 0.0889. The number of amidine groups is 1. The van der Waals surface area contributed by atoms with E-state index in [0.717, 1.165) is 18.2 Å². The van der Waals surface area contributed by atoms with Crippen LogP contribution in [0.5, 0.6) is 0 Å². The van der Waals surface area contributed by atoms with Crippen molar-refractivity contribution in [2.75, 3.05) is 44.7 Å². The molecule has 0 radical (unpaired) electrons. The molecule has 2 saturated heterocycles. The van der Waals surface area contributed by atoms with Crippen LogP contribution in [0.3, 0.4) is 0 Å². The SMILES string of the molecule is COC(=O)C1=C(CN2CCN3C(=O)N(c4cc(F)cc(-c5ccc(C(=O)O)c(F)c5)c4)C[C@@H]3C2)NC(c2nccs2)=N[C@H]1c1ccc(F)cc1Cl. The van der Waals surface area contributed by atoms with Crippen molar-refractivity contribution in [3.05, 3.63) is 116 Å². The zero-order valence-electron chi connectivity index (χ0n) is 26.8. The van der Waals surface area contributed by atoms with Gasteiger partial charge in [-0.3, -0.25) is 14.8 Å². The number of aliphatic imine (C=N–C) groups is 1. The molecule has 16 heteroatoms. The van der Waals surface area contributed by atoms with Gasteiger partial charge in [0.15, 0.2) is 10.8 Å². The predicted molar refractivity (Wildman–Crippen MR) is 183 cm³/mol. The molecule has 4 heterocycles. The Bertz CT molecular complexity index is 2130. The molecule has 3 aliphatic heterocycles. The maximum Gasteiger partial charge on any atom is 0.338 e. The molecule has 2 fully saturated rings. The first-order valence-electron chi connectivity index (χ1n) is 15.7. The number of nitrogens with one attached hydrogen (secondary N) is 1. The van der Waals surface area contributed by atoms with Gasteiger partial charge in [-0.15, -0.1) is 11.3 Å². The van der Waals surface area contributed by atoms with Gasteiger partial charge in [0.25, 0.3) is 0 Å². The van der Waals surface area contributed by atoms with E-state index >= 15 is 0 Å². The summed E-state index contributed by atoms with van der Waals surface area (Å²) in [5.41, 5.74) is 1.38. The molecule has 0 unspecified atom stereocenters. The van der Waals surface area contributed by atoms with Crippen LogP contribution in [0.25, 0.3) is 11.1 Å². The van der Waals surface area contributed by atoms with Gasteiger partial charge in [-0.05, 0) is 53.6 Å². The number of rotatable bonds is 8. The molecule has 7 rings (SSSR count). The molecule has 0 spiro atoms. The summed E-state index contributed by atoms with van der Waals surface area (Å²) in [6.07, 6.45) is 1.63. The number of carbonyl (C=O) groups excluding carboxylic acids is 2. The second-order valence-electron chi connectivity index (χ2n) is 12.1. The fourth-order valence-electron chi connectivity index (χ4n) is 6.59. The van der Waals surface area contributed by atoms with Crippen LogP contribution < -0.4 is 10.2 Å². The number of hydrogen-bond acceptors (Lipinski definition) is 9. The Kier molecular flexibility index (Phi) is 9.26. The van der Waals surface area contributed by atoms with Crippen LogP contribution in [0, 0.1) is 17.5 Å². The highest BCUT2D eigenvalue weighted by Crippen LogP contribution is 2.38. The number of carbonyl (C=O) groups is 3. The Balaban J connectivity index is 1.15. The Hall–Kier alpha value is -5.25. The lowest BCUT2D eigenvalue weighted by molar-refractivity contribution is -0.136. The third-order valence-corrected chi connectivity index (χ3v) is 10.1. The van der Waals surface area contributed by atoms with Gasteiger partial charge in [-0.25, -0.2) is 32.5 Å². The van der Waals surface area contributed by atoms with Gasteiger partial charge in [0.2, 0.25) is 0 Å². The lowest BCUT2D eigenvalue weighted by Crippen LogP contribution is -2.53. The van der Waals surface area contributed by atoms with Crippen molar-refractivity contribution in [3.63, 3.8) is 0 Å². The number of aromatic nitrogens is 1. The van der Waals surface area contributed by atoms with E-state index in [1.54, 1.807) is 22.5 Å². The van der Waals surface area contributed by atoms with Crippen molar-refractivity contribution >= 4 is 52.4 Å². The number of ether oxygens (including phenoxy) is 1. The van der Waals surface area contributed by atoms with Gasteiger partial charge in [-0.2, -0.15) is 0 Å². The van der Waals surface area contributed by atoms with Gasteiger partial charge in [0, 0.05) is 66.3 Å². The van der Waals surface area contributed by atoms with Crippen LogP contribution in [0.2, 0.25) is 5.02 Å². The average molecular weight is 737 g/mol. The summed E-state index contributed by atoms with van der Waals surface area (Å²) in [5, 5.41) is 14.9. The number of urea groups is 1. The lowest BCUT2D eigenvalue weighted by atomic mass is 9.95. The number of methoxy groups -OCH3 is 1. The van der Waals surface area contributed by atoms with Crippen LogP contribution in [-0.2, 0) is 9.53 Å². The highest BCUT2D eigenvalue weighted by molar-refractivity contribution is 7.11. The molecule has 2 amide bonds. The fraction of sp³-hybridized carbons (Fsp3) is 0.229. The van der Waals surface area contributed by atoms with E-state index in [9.17, 15) is 32.7 Å². The second kappa shape index (κ2) is 13.8. The molecule has 2 atom stereocenters. The Morgan fingerprint density at radius 3 is 2.57 bits per heavy atom. The number of nitrogens with zero attached hydrogens (tertiary/aromatic N) is 5. The number of hydrogen-bond donors (Lipinski definition) is 2. The molecule has 51 heavy (non-hydrogen) atoms. The van der Waals surface area contributed by atoms with Crippen molar-refractivity contribution in [2.45, 2.75) is 12.1 Å². The van der Waals surface area contributed by atoms with Crippen LogP contribution in [0.4, 0.5) is 23.7 Å². The summed E-state index contributed by atoms with van der Waals surface area (Å²) in [7, 11) is 1.26. The topological polar surface area (TPSA) is 128 Å². The lowest BCUT2D eigenvalue weighted by Gasteiger charge is -2.38. The molecule has 11 nitrogen and oxygen atoms in total. The molecular weight excluding hydrogens is 709 g/mol. The zero-order chi connectivity index (χ0) is 36.0. The molecular formula is C35H28ClF3N6O5S. The summed E-state index contributed by atoms with van der Waals surface area (Å²) in [6, 6.07) is 9.81. The van der Waals surface area contributed by atoms with Crippen LogP contribution >= 0.6 is 22.9 Å². The van der Waals surface area contributed by atoms with Gasteiger partial charge < -0.3 is 20.1 Å². The number of fused-ring (bicyclic) bond motifs is 1. The summed E-state index contributed by atoms with van der Waals surface area (Å²) >= 11 is 7.82. The van der Waals surface area contributed by atoms with Crippen molar-refractivity contribution in [1.82, 2.24) is 20.1 Å². The van der Waals surface area contributed by atoms with E-state index in [0.29, 0.717) is 41.7 Å². The maximum absolute atomic E-state index is 14.9. The first kappa shape index (κ1) is 34.2. The molecule has 0 saturated carbocycles. The van der Waals surface area contributed by atoms with Crippen molar-refractivity contribution in [1.29, 1.82) is 0 Å². The third kappa shape index (κ3) is 6.67. The molecule has 262 valence electrons. The van der Waals surface area contributed by atoms with E-state index < -0.39 is 41.0 Å². The largest absolute Gasteiger partial charge is 0.478 e. The van der Waals surface area contributed by atoms with Crippen molar-refractivity contribution < 1.29 is 37.4 Å². The van der Waals surface area contributed by atoms with E-state index in [-0.39, 0.29) is 52.6 Å². The summed E-state index contributed by atoms with van der Waals surface area (Å²) in [5.74, 6) is -3.82. The number of aromatic carboxylic acids is 1. The van der Waals surface area contributed by atoms with E-state index in [1.807, 2.05) is 0 Å². The number of anilines is 1. The van der Waals surface area contributed by atoms with Crippen LogP contribution in [0.1, 0.15) is 27.0 Å². The normalized spacial score (nSPS) is 19.2. The number of carboxylic acid groups (broad SMARTS) is 1. The Labute approximate surface area is 298 Å². The third-order valence-electron chi connectivity index (χ3n) is 8.97. The number of halogens is 4. The first-order chi connectivity index (χ1) is 24.5. The smallest absolute Gasteiger partial charge is 0.338 e. The number of piperazine rings is 1. The Morgan fingerprint density at radius 2 is 1.86 bits per heavy atom. The zero-order valence-corrected chi connectivity index (χ0v) is 28.3. The minimum atomic E-state index is -1.42. The Morgan fingerprint density at radius 1 is 1.04 bits per heavy atom. The van der Waals surface area contributed by atoms with Crippen LogP contribution in [0.15, 0.2) is 82.4 Å². The van der Waals surface area contributed by atoms with Crippen molar-refractivity contribution in [3.8, 4) is 11.1 Å². The van der Waals surface area contributed by atoms with Gasteiger partial charge in [-0.1, -0.05) is 23.7 Å². The van der Waals surface area contributed by atoms with E-state index in [4.69, 9.17) is 21.3 Å². The van der Waals surface area contributed by atoms with E-state index in [1.165, 1.54) is 53.7 Å². The summed E-state index contributed by atoms with van der Waals surface area (Å²) < 4.78 is 48.6.